The summed E-state index contributed by atoms with van der Waals surface area (Å²) < 4.78 is 5.59. The van der Waals surface area contributed by atoms with Gasteiger partial charge in [-0.25, -0.2) is 0 Å². The smallest absolute Gasteiger partial charge is 0.128 e. The van der Waals surface area contributed by atoms with E-state index in [0.717, 1.165) is 29.3 Å². The zero-order valence-electron chi connectivity index (χ0n) is 11.0. The van der Waals surface area contributed by atoms with Gasteiger partial charge < -0.3 is 10.1 Å². The van der Waals surface area contributed by atoms with Crippen molar-refractivity contribution in [2.45, 2.75) is 39.2 Å². The van der Waals surface area contributed by atoms with E-state index in [9.17, 15) is 0 Å². The van der Waals surface area contributed by atoms with Gasteiger partial charge in [-0.05, 0) is 51.8 Å². The molecule has 1 aromatic carbocycles. The maximum absolute atomic E-state index is 6.22. The Hall–Kier alpha value is -0.730. The van der Waals surface area contributed by atoms with Gasteiger partial charge in [-0.1, -0.05) is 11.6 Å². The van der Waals surface area contributed by atoms with Crippen molar-refractivity contribution in [1.82, 2.24) is 5.32 Å². The van der Waals surface area contributed by atoms with Crippen LogP contribution in [0, 0.1) is 13.8 Å². The Morgan fingerprint density at radius 3 is 2.65 bits per heavy atom. The number of methoxy groups -OCH3 is 1. The molecule has 0 bridgehead atoms. The summed E-state index contributed by atoms with van der Waals surface area (Å²) >= 11 is 6.22. The zero-order chi connectivity index (χ0) is 12.6. The summed E-state index contributed by atoms with van der Waals surface area (Å²) in [5.41, 5.74) is 3.52. The van der Waals surface area contributed by atoms with E-state index < -0.39 is 0 Å². The summed E-state index contributed by atoms with van der Waals surface area (Å²) in [6, 6.07) is 2.04. The second-order valence-corrected chi connectivity index (χ2v) is 5.48. The molecule has 1 fully saturated rings. The van der Waals surface area contributed by atoms with Crippen molar-refractivity contribution < 1.29 is 4.74 Å². The second-order valence-electron chi connectivity index (χ2n) is 5.07. The van der Waals surface area contributed by atoms with E-state index in [1.165, 1.54) is 17.5 Å². The lowest BCUT2D eigenvalue weighted by Crippen LogP contribution is -2.34. The summed E-state index contributed by atoms with van der Waals surface area (Å²) in [6.07, 6.45) is 2.35. The highest BCUT2D eigenvalue weighted by atomic mass is 35.5. The molecule has 0 saturated carbocycles. The van der Waals surface area contributed by atoms with E-state index in [4.69, 9.17) is 16.3 Å². The molecule has 94 valence electrons. The van der Waals surface area contributed by atoms with Gasteiger partial charge in [-0.15, -0.1) is 0 Å². The Labute approximate surface area is 108 Å². The van der Waals surface area contributed by atoms with Crippen LogP contribution in [0.1, 0.15) is 36.5 Å². The van der Waals surface area contributed by atoms with Crippen molar-refractivity contribution in [2.75, 3.05) is 13.7 Å². The highest BCUT2D eigenvalue weighted by Gasteiger charge is 2.35. The van der Waals surface area contributed by atoms with Crippen LogP contribution in [0.25, 0.3) is 0 Å². The molecular weight excluding hydrogens is 234 g/mol. The molecule has 3 heteroatoms. The molecule has 2 rings (SSSR count). The van der Waals surface area contributed by atoms with Gasteiger partial charge in [0, 0.05) is 21.7 Å². The molecule has 1 aliphatic rings. The highest BCUT2D eigenvalue weighted by Crippen LogP contribution is 2.42. The normalized spacial score (nSPS) is 24.1. The van der Waals surface area contributed by atoms with Gasteiger partial charge in [-0.2, -0.15) is 0 Å². The Balaban J connectivity index is 2.63. The Morgan fingerprint density at radius 2 is 2.12 bits per heavy atom. The molecule has 0 aromatic heterocycles. The number of nitrogens with one attached hydrogen (secondary N) is 1. The number of aryl methyl sites for hydroxylation is 1. The molecule has 1 heterocycles. The third-order valence-electron chi connectivity index (χ3n) is 3.79. The molecule has 17 heavy (non-hydrogen) atoms. The van der Waals surface area contributed by atoms with Gasteiger partial charge >= 0.3 is 0 Å². The summed E-state index contributed by atoms with van der Waals surface area (Å²) in [5, 5.41) is 4.37. The van der Waals surface area contributed by atoms with Crippen LogP contribution in [0.4, 0.5) is 0 Å². The fourth-order valence-corrected chi connectivity index (χ4v) is 3.14. The first kappa shape index (κ1) is 12.7. The van der Waals surface area contributed by atoms with Crippen molar-refractivity contribution in [3.63, 3.8) is 0 Å². The average Bonchev–Trinajstić information content (AvgIpc) is 2.70. The molecule has 0 aliphatic carbocycles. The van der Waals surface area contributed by atoms with E-state index >= 15 is 0 Å². The Morgan fingerprint density at radius 1 is 1.41 bits per heavy atom. The quantitative estimate of drug-likeness (QED) is 0.870. The van der Waals surface area contributed by atoms with E-state index in [2.05, 4.69) is 19.2 Å². The maximum Gasteiger partial charge on any atom is 0.128 e. The third kappa shape index (κ3) is 2.04. The lowest BCUT2D eigenvalue weighted by atomic mass is 9.85. The van der Waals surface area contributed by atoms with Crippen LogP contribution >= 0.6 is 11.6 Å². The highest BCUT2D eigenvalue weighted by molar-refractivity contribution is 6.31. The SMILES string of the molecule is COc1c(C)c(Cl)cc(C)c1C1(C)CCCN1. The minimum atomic E-state index is 0.0186. The number of hydrogen-bond acceptors (Lipinski definition) is 2. The topological polar surface area (TPSA) is 21.3 Å². The first-order valence-electron chi connectivity index (χ1n) is 6.09. The van der Waals surface area contributed by atoms with E-state index in [0.29, 0.717) is 0 Å². The first-order chi connectivity index (χ1) is 7.99. The lowest BCUT2D eigenvalue weighted by Gasteiger charge is -2.30. The van der Waals surface area contributed by atoms with Gasteiger partial charge in [0.05, 0.1) is 7.11 Å². The minimum Gasteiger partial charge on any atom is -0.496 e. The zero-order valence-corrected chi connectivity index (χ0v) is 11.7. The molecular formula is C14H20ClNO. The average molecular weight is 254 g/mol. The third-order valence-corrected chi connectivity index (χ3v) is 4.18. The Bertz CT molecular complexity index is 436. The summed E-state index contributed by atoms with van der Waals surface area (Å²) in [4.78, 5) is 0. The van der Waals surface area contributed by atoms with Crippen LogP contribution in [-0.2, 0) is 5.54 Å². The monoisotopic (exact) mass is 253 g/mol. The number of ether oxygens (including phenoxy) is 1. The molecule has 1 aliphatic heterocycles. The molecule has 0 spiro atoms. The Kier molecular flexibility index (Phi) is 3.37. The van der Waals surface area contributed by atoms with Crippen LogP contribution in [0.15, 0.2) is 6.07 Å². The summed E-state index contributed by atoms with van der Waals surface area (Å²) in [5.74, 6) is 0.937. The van der Waals surface area contributed by atoms with Crippen LogP contribution < -0.4 is 10.1 Å². The van der Waals surface area contributed by atoms with Gasteiger partial charge in [0.25, 0.3) is 0 Å². The van der Waals surface area contributed by atoms with Crippen molar-refractivity contribution in [3.05, 3.63) is 27.8 Å². The molecule has 1 saturated heterocycles. The predicted octanol–water partition coefficient (Wildman–Crippen LogP) is 3.56. The summed E-state index contributed by atoms with van der Waals surface area (Å²) in [6.45, 7) is 7.44. The van der Waals surface area contributed by atoms with Crippen LogP contribution in [0.5, 0.6) is 5.75 Å². The van der Waals surface area contributed by atoms with Gasteiger partial charge in [0.15, 0.2) is 0 Å². The predicted molar refractivity (Wildman–Crippen MR) is 72.1 cm³/mol. The first-order valence-corrected chi connectivity index (χ1v) is 6.46. The largest absolute Gasteiger partial charge is 0.496 e. The van der Waals surface area contributed by atoms with Crippen LogP contribution in [0.3, 0.4) is 0 Å². The maximum atomic E-state index is 6.22. The van der Waals surface area contributed by atoms with Crippen molar-refractivity contribution in [2.24, 2.45) is 0 Å². The van der Waals surface area contributed by atoms with E-state index in [1.54, 1.807) is 7.11 Å². The molecule has 0 radical (unpaired) electrons. The lowest BCUT2D eigenvalue weighted by molar-refractivity contribution is 0.367. The van der Waals surface area contributed by atoms with Crippen LogP contribution in [-0.4, -0.2) is 13.7 Å². The molecule has 1 atom stereocenters. The minimum absolute atomic E-state index is 0.0186. The van der Waals surface area contributed by atoms with E-state index in [-0.39, 0.29) is 5.54 Å². The molecule has 0 amide bonds. The molecule has 1 aromatic rings. The molecule has 2 nitrogen and oxygen atoms in total. The standard InChI is InChI=1S/C14H20ClNO/c1-9-8-11(15)10(2)13(17-4)12(9)14(3)6-5-7-16-14/h8,16H,5-7H2,1-4H3. The number of hydrogen-bond donors (Lipinski definition) is 1. The van der Waals surface area contributed by atoms with Crippen LogP contribution in [0.2, 0.25) is 5.02 Å². The van der Waals surface area contributed by atoms with Crippen molar-refractivity contribution in [3.8, 4) is 5.75 Å². The number of benzene rings is 1. The van der Waals surface area contributed by atoms with Crippen molar-refractivity contribution in [1.29, 1.82) is 0 Å². The number of rotatable bonds is 2. The van der Waals surface area contributed by atoms with Gasteiger partial charge in [0.2, 0.25) is 0 Å². The second kappa shape index (κ2) is 4.51. The number of halogens is 1. The fraction of sp³-hybridized carbons (Fsp3) is 0.571. The van der Waals surface area contributed by atoms with Gasteiger partial charge in [-0.3, -0.25) is 0 Å². The van der Waals surface area contributed by atoms with Crippen molar-refractivity contribution >= 4 is 11.6 Å². The summed E-state index contributed by atoms with van der Waals surface area (Å²) in [7, 11) is 1.72. The fourth-order valence-electron chi connectivity index (χ4n) is 2.89. The van der Waals surface area contributed by atoms with E-state index in [1.807, 2.05) is 13.0 Å². The molecule has 1 N–H and O–H groups in total. The van der Waals surface area contributed by atoms with Gasteiger partial charge in [0.1, 0.15) is 5.75 Å². The molecule has 1 unspecified atom stereocenters.